The standard InChI is InChI=1S/C17H19F3O2SSi/c1-21-14-6-4-12(5-7-14)11-23-16-9-13(17(18,19)20)8-15(10-16)22-24(2)3/h4-10,24H,11H2,1-3H3. The normalized spacial score (nSPS) is 11.6. The highest BCUT2D eigenvalue weighted by molar-refractivity contribution is 7.98. The number of hydrogen-bond acceptors (Lipinski definition) is 3. The molecular weight excluding hydrogens is 353 g/mol. The summed E-state index contributed by atoms with van der Waals surface area (Å²) >= 11 is 1.35. The molecule has 0 fully saturated rings. The average molecular weight is 372 g/mol. The van der Waals surface area contributed by atoms with Crippen molar-refractivity contribution >= 4 is 20.8 Å². The van der Waals surface area contributed by atoms with Gasteiger partial charge in [0.15, 0.2) is 0 Å². The number of alkyl halides is 3. The van der Waals surface area contributed by atoms with Crippen molar-refractivity contribution in [2.24, 2.45) is 0 Å². The summed E-state index contributed by atoms with van der Waals surface area (Å²) in [5, 5.41) is 0. The van der Waals surface area contributed by atoms with E-state index in [-0.39, 0.29) is 0 Å². The highest BCUT2D eigenvalue weighted by atomic mass is 32.2. The van der Waals surface area contributed by atoms with E-state index in [2.05, 4.69) is 0 Å². The monoisotopic (exact) mass is 372 g/mol. The molecule has 2 aromatic carbocycles. The fourth-order valence-corrected chi connectivity index (χ4v) is 3.66. The maximum absolute atomic E-state index is 13.1. The second-order valence-corrected chi connectivity index (χ2v) is 8.88. The maximum atomic E-state index is 13.1. The number of methoxy groups -OCH3 is 1. The van der Waals surface area contributed by atoms with Crippen molar-refractivity contribution < 1.29 is 22.3 Å². The molecular formula is C17H19F3O2SSi. The Morgan fingerprint density at radius 2 is 1.67 bits per heavy atom. The van der Waals surface area contributed by atoms with Crippen LogP contribution < -0.4 is 9.16 Å². The second-order valence-electron chi connectivity index (χ2n) is 5.49. The fourth-order valence-electron chi connectivity index (χ4n) is 2.05. The van der Waals surface area contributed by atoms with Gasteiger partial charge < -0.3 is 9.16 Å². The largest absolute Gasteiger partial charge is 0.547 e. The van der Waals surface area contributed by atoms with E-state index in [1.54, 1.807) is 13.2 Å². The van der Waals surface area contributed by atoms with Crippen molar-refractivity contribution in [3.05, 3.63) is 53.6 Å². The van der Waals surface area contributed by atoms with Crippen LogP contribution >= 0.6 is 11.8 Å². The van der Waals surface area contributed by atoms with Crippen LogP contribution in [-0.4, -0.2) is 16.2 Å². The average Bonchev–Trinajstić information content (AvgIpc) is 2.52. The highest BCUT2D eigenvalue weighted by Gasteiger charge is 2.31. The molecule has 2 aromatic rings. The summed E-state index contributed by atoms with van der Waals surface area (Å²) in [5.41, 5.74) is 0.339. The van der Waals surface area contributed by atoms with Crippen molar-refractivity contribution in [1.29, 1.82) is 0 Å². The molecule has 2 rings (SSSR count). The molecule has 0 spiro atoms. The first-order chi connectivity index (χ1) is 11.3. The van der Waals surface area contributed by atoms with Crippen molar-refractivity contribution in [3.63, 3.8) is 0 Å². The van der Waals surface area contributed by atoms with Crippen molar-refractivity contribution in [2.75, 3.05) is 7.11 Å². The zero-order valence-electron chi connectivity index (χ0n) is 13.7. The molecule has 0 amide bonds. The van der Waals surface area contributed by atoms with E-state index in [4.69, 9.17) is 9.16 Å². The van der Waals surface area contributed by atoms with E-state index in [0.29, 0.717) is 16.4 Å². The first-order valence-corrected chi connectivity index (χ1v) is 11.2. The zero-order chi connectivity index (χ0) is 17.7. The summed E-state index contributed by atoms with van der Waals surface area (Å²) in [6.07, 6.45) is -4.38. The Bertz CT molecular complexity index is 673. The summed E-state index contributed by atoms with van der Waals surface area (Å²) < 4.78 is 49.9. The molecule has 0 aliphatic rings. The molecule has 0 atom stereocenters. The number of ether oxygens (including phenoxy) is 1. The minimum Gasteiger partial charge on any atom is -0.547 e. The van der Waals surface area contributed by atoms with Gasteiger partial charge >= 0.3 is 6.18 Å². The Kier molecular flexibility index (Phi) is 6.23. The molecule has 0 aliphatic carbocycles. The van der Waals surface area contributed by atoms with Gasteiger partial charge in [-0.3, -0.25) is 0 Å². The van der Waals surface area contributed by atoms with Crippen molar-refractivity contribution in [2.45, 2.75) is 29.9 Å². The molecule has 0 N–H and O–H groups in total. The lowest BCUT2D eigenvalue weighted by atomic mass is 10.2. The smallest absolute Gasteiger partial charge is 0.416 e. The predicted molar refractivity (Wildman–Crippen MR) is 93.5 cm³/mol. The molecule has 0 saturated carbocycles. The Morgan fingerprint density at radius 1 is 1.00 bits per heavy atom. The Labute approximate surface area is 145 Å². The van der Waals surface area contributed by atoms with Gasteiger partial charge in [0.1, 0.15) is 11.5 Å². The molecule has 0 aliphatic heterocycles. The van der Waals surface area contributed by atoms with E-state index >= 15 is 0 Å². The van der Waals surface area contributed by atoms with Gasteiger partial charge in [-0.2, -0.15) is 13.2 Å². The lowest BCUT2D eigenvalue weighted by Crippen LogP contribution is -2.12. The minimum atomic E-state index is -4.38. The van der Waals surface area contributed by atoms with Gasteiger partial charge in [-0.15, -0.1) is 11.8 Å². The summed E-state index contributed by atoms with van der Waals surface area (Å²) in [5.74, 6) is 1.62. The number of thioether (sulfide) groups is 1. The van der Waals surface area contributed by atoms with E-state index in [0.717, 1.165) is 17.4 Å². The van der Waals surface area contributed by atoms with Crippen molar-refractivity contribution in [1.82, 2.24) is 0 Å². The lowest BCUT2D eigenvalue weighted by Gasteiger charge is -2.15. The van der Waals surface area contributed by atoms with Gasteiger partial charge in [0, 0.05) is 10.6 Å². The molecule has 24 heavy (non-hydrogen) atoms. The van der Waals surface area contributed by atoms with Crippen molar-refractivity contribution in [3.8, 4) is 11.5 Å². The third-order valence-electron chi connectivity index (χ3n) is 3.14. The van der Waals surface area contributed by atoms with Gasteiger partial charge in [-0.25, -0.2) is 0 Å². The van der Waals surface area contributed by atoms with Gasteiger partial charge in [-0.05, 0) is 49.0 Å². The number of benzene rings is 2. The van der Waals surface area contributed by atoms with Crippen LogP contribution in [0.1, 0.15) is 11.1 Å². The SMILES string of the molecule is COc1ccc(CSc2cc(O[SiH](C)C)cc(C(F)(F)F)c2)cc1. The quantitative estimate of drug-likeness (QED) is 0.502. The first kappa shape index (κ1) is 18.7. The van der Waals surface area contributed by atoms with Crippen LogP contribution in [-0.2, 0) is 11.9 Å². The Hall–Kier alpha value is -1.60. The maximum Gasteiger partial charge on any atom is 0.416 e. The number of rotatable bonds is 6. The third kappa shape index (κ3) is 5.49. The summed E-state index contributed by atoms with van der Waals surface area (Å²) in [4.78, 5) is 0.547. The topological polar surface area (TPSA) is 18.5 Å². The second kappa shape index (κ2) is 7.98. The van der Waals surface area contributed by atoms with Crippen LogP contribution in [0.25, 0.3) is 0 Å². The van der Waals surface area contributed by atoms with E-state index in [1.807, 2.05) is 37.4 Å². The number of halogens is 3. The highest BCUT2D eigenvalue weighted by Crippen LogP contribution is 2.36. The van der Waals surface area contributed by atoms with Gasteiger partial charge in [-0.1, -0.05) is 12.1 Å². The van der Waals surface area contributed by atoms with E-state index in [1.165, 1.54) is 17.8 Å². The van der Waals surface area contributed by atoms with Gasteiger partial charge in [0.25, 0.3) is 0 Å². The summed E-state index contributed by atoms with van der Waals surface area (Å²) in [6, 6.07) is 11.4. The zero-order valence-corrected chi connectivity index (χ0v) is 15.7. The molecule has 0 aromatic heterocycles. The summed E-state index contributed by atoms with van der Waals surface area (Å²) in [7, 11) is 0.117. The molecule has 0 unspecified atom stereocenters. The van der Waals surface area contributed by atoms with Crippen LogP contribution in [0.5, 0.6) is 11.5 Å². The molecule has 0 saturated heterocycles. The van der Waals surface area contributed by atoms with Crippen LogP contribution in [0.3, 0.4) is 0 Å². The predicted octanol–water partition coefficient (Wildman–Crippen LogP) is 5.37. The molecule has 0 bridgehead atoms. The minimum absolute atomic E-state index is 0.295. The van der Waals surface area contributed by atoms with E-state index in [9.17, 15) is 13.2 Å². The first-order valence-electron chi connectivity index (χ1n) is 7.42. The number of hydrogen-bond donors (Lipinski definition) is 0. The van der Waals surface area contributed by atoms with Crippen LogP contribution in [0.4, 0.5) is 13.2 Å². The third-order valence-corrected chi connectivity index (χ3v) is 4.93. The van der Waals surface area contributed by atoms with Crippen LogP contribution in [0.15, 0.2) is 47.4 Å². The Morgan fingerprint density at radius 3 is 2.21 bits per heavy atom. The molecule has 0 heterocycles. The van der Waals surface area contributed by atoms with Crippen LogP contribution in [0.2, 0.25) is 13.1 Å². The fraction of sp³-hybridized carbons (Fsp3) is 0.294. The molecule has 7 heteroatoms. The van der Waals surface area contributed by atoms with Crippen LogP contribution in [0, 0.1) is 0 Å². The lowest BCUT2D eigenvalue weighted by molar-refractivity contribution is -0.137. The molecule has 0 radical (unpaired) electrons. The molecule has 2 nitrogen and oxygen atoms in total. The van der Waals surface area contributed by atoms with Gasteiger partial charge in [0.2, 0.25) is 9.04 Å². The summed E-state index contributed by atoms with van der Waals surface area (Å²) in [6.45, 7) is 3.84. The molecule has 130 valence electrons. The van der Waals surface area contributed by atoms with E-state index < -0.39 is 20.8 Å². The van der Waals surface area contributed by atoms with Gasteiger partial charge in [0.05, 0.1) is 12.7 Å². The Balaban J connectivity index is 2.17.